The Morgan fingerprint density at radius 3 is 2.54 bits per heavy atom. The fourth-order valence-electron chi connectivity index (χ4n) is 3.28. The van der Waals surface area contributed by atoms with Crippen molar-refractivity contribution in [2.75, 3.05) is 13.7 Å². The average molecular weight is 391 g/mol. The molecule has 0 N–H and O–H groups in total. The van der Waals surface area contributed by atoms with E-state index >= 15 is 0 Å². The summed E-state index contributed by atoms with van der Waals surface area (Å²) in [5.74, 6) is -0.322. The molecule has 1 aliphatic rings. The summed E-state index contributed by atoms with van der Waals surface area (Å²) in [6, 6.07) is 13.2. The standard InChI is InChI=1S/C20H20Cl2N2O2/c1-13-6-3-4-7-14(13)19(23-26-2)15-10-11-24(20(15)25)12-16-17(21)8-5-9-18(16)22/h3-9,15H,10-12H2,1-2H3/b23-19+. The van der Waals surface area contributed by atoms with Crippen molar-refractivity contribution in [2.24, 2.45) is 11.1 Å². The highest BCUT2D eigenvalue weighted by molar-refractivity contribution is 6.36. The van der Waals surface area contributed by atoms with Gasteiger partial charge in [-0.05, 0) is 31.0 Å². The zero-order chi connectivity index (χ0) is 18.7. The summed E-state index contributed by atoms with van der Waals surface area (Å²) in [5.41, 5.74) is 3.43. The molecule has 3 rings (SSSR count). The van der Waals surface area contributed by atoms with E-state index in [1.807, 2.05) is 31.2 Å². The minimum atomic E-state index is -0.336. The van der Waals surface area contributed by atoms with Crippen molar-refractivity contribution >= 4 is 34.8 Å². The highest BCUT2D eigenvalue weighted by Crippen LogP contribution is 2.30. The lowest BCUT2D eigenvalue weighted by molar-refractivity contribution is -0.129. The van der Waals surface area contributed by atoms with E-state index in [2.05, 4.69) is 5.16 Å². The molecule has 0 bridgehead atoms. The molecule has 4 nitrogen and oxygen atoms in total. The third-order valence-electron chi connectivity index (χ3n) is 4.65. The Bertz CT molecular complexity index is 831. The molecule has 0 saturated carbocycles. The van der Waals surface area contributed by atoms with Gasteiger partial charge >= 0.3 is 0 Å². The van der Waals surface area contributed by atoms with Crippen LogP contribution < -0.4 is 0 Å². The van der Waals surface area contributed by atoms with Gasteiger partial charge in [-0.25, -0.2) is 0 Å². The van der Waals surface area contributed by atoms with E-state index in [1.54, 1.807) is 23.1 Å². The highest BCUT2D eigenvalue weighted by atomic mass is 35.5. The minimum absolute atomic E-state index is 0.0139. The van der Waals surface area contributed by atoms with Crippen LogP contribution >= 0.6 is 23.2 Å². The molecule has 0 spiro atoms. The van der Waals surface area contributed by atoms with E-state index in [1.165, 1.54) is 7.11 Å². The number of hydrogen-bond acceptors (Lipinski definition) is 3. The number of amides is 1. The molecule has 1 aliphatic heterocycles. The number of carbonyl (C=O) groups excluding carboxylic acids is 1. The monoisotopic (exact) mass is 390 g/mol. The number of rotatable bonds is 5. The van der Waals surface area contributed by atoms with E-state index < -0.39 is 0 Å². The lowest BCUT2D eigenvalue weighted by atomic mass is 9.92. The van der Waals surface area contributed by atoms with E-state index in [0.29, 0.717) is 35.3 Å². The average Bonchev–Trinajstić information content (AvgIpc) is 2.97. The first kappa shape index (κ1) is 18.7. The second-order valence-corrected chi connectivity index (χ2v) is 7.09. The van der Waals surface area contributed by atoms with Crippen LogP contribution in [-0.4, -0.2) is 30.2 Å². The van der Waals surface area contributed by atoms with Crippen molar-refractivity contribution in [3.8, 4) is 0 Å². The molecule has 1 atom stereocenters. The van der Waals surface area contributed by atoms with Gasteiger partial charge in [-0.3, -0.25) is 4.79 Å². The van der Waals surface area contributed by atoms with Crippen molar-refractivity contribution in [2.45, 2.75) is 19.9 Å². The fraction of sp³-hybridized carbons (Fsp3) is 0.300. The molecule has 1 saturated heterocycles. The summed E-state index contributed by atoms with van der Waals surface area (Å²) in [6.45, 7) is 3.02. The fourth-order valence-corrected chi connectivity index (χ4v) is 3.80. The second-order valence-electron chi connectivity index (χ2n) is 6.28. The van der Waals surface area contributed by atoms with Crippen molar-refractivity contribution < 1.29 is 9.63 Å². The molecular formula is C20H20Cl2N2O2. The number of hydrogen-bond donors (Lipinski definition) is 0. The van der Waals surface area contributed by atoms with Gasteiger partial charge in [-0.15, -0.1) is 0 Å². The summed E-state index contributed by atoms with van der Waals surface area (Å²) >= 11 is 12.5. The van der Waals surface area contributed by atoms with Crippen molar-refractivity contribution in [1.29, 1.82) is 0 Å². The number of carbonyl (C=O) groups is 1. The predicted octanol–water partition coefficient (Wildman–Crippen LogP) is 4.70. The number of likely N-dealkylation sites (tertiary alicyclic amines) is 1. The highest BCUT2D eigenvalue weighted by Gasteiger charge is 2.37. The molecule has 6 heteroatoms. The predicted molar refractivity (Wildman–Crippen MR) is 105 cm³/mol. The maximum absolute atomic E-state index is 13.0. The van der Waals surface area contributed by atoms with Crippen LogP contribution in [0.15, 0.2) is 47.6 Å². The van der Waals surface area contributed by atoms with Crippen LogP contribution in [0.5, 0.6) is 0 Å². The summed E-state index contributed by atoms with van der Waals surface area (Å²) in [4.78, 5) is 19.9. The van der Waals surface area contributed by atoms with Crippen LogP contribution in [0.4, 0.5) is 0 Å². The van der Waals surface area contributed by atoms with Crippen LogP contribution in [0, 0.1) is 12.8 Å². The molecule has 2 aromatic carbocycles. The Labute approximate surface area is 163 Å². The largest absolute Gasteiger partial charge is 0.399 e. The van der Waals surface area contributed by atoms with Crippen LogP contribution in [0.25, 0.3) is 0 Å². The molecule has 0 aliphatic carbocycles. The lowest BCUT2D eigenvalue weighted by Crippen LogP contribution is -2.31. The first-order valence-electron chi connectivity index (χ1n) is 8.41. The number of oxime groups is 1. The van der Waals surface area contributed by atoms with E-state index in [4.69, 9.17) is 28.0 Å². The van der Waals surface area contributed by atoms with Gasteiger partial charge < -0.3 is 9.74 Å². The summed E-state index contributed by atoms with van der Waals surface area (Å²) < 4.78 is 0. The molecule has 2 aromatic rings. The van der Waals surface area contributed by atoms with Crippen LogP contribution in [0.1, 0.15) is 23.1 Å². The smallest absolute Gasteiger partial charge is 0.232 e. The van der Waals surface area contributed by atoms with Crippen LogP contribution in [-0.2, 0) is 16.2 Å². The zero-order valence-corrected chi connectivity index (χ0v) is 16.2. The number of halogens is 2. The normalized spacial score (nSPS) is 17.7. The Morgan fingerprint density at radius 1 is 1.19 bits per heavy atom. The third kappa shape index (κ3) is 3.71. The molecule has 0 aromatic heterocycles. The quantitative estimate of drug-likeness (QED) is 0.548. The number of nitrogens with zero attached hydrogens (tertiary/aromatic N) is 2. The lowest BCUT2D eigenvalue weighted by Gasteiger charge is -2.19. The van der Waals surface area contributed by atoms with Gasteiger partial charge in [0.05, 0.1) is 11.6 Å². The summed E-state index contributed by atoms with van der Waals surface area (Å²) in [7, 11) is 1.50. The Hall–Kier alpha value is -2.04. The third-order valence-corrected chi connectivity index (χ3v) is 5.36. The molecule has 0 radical (unpaired) electrons. The molecule has 1 heterocycles. The van der Waals surface area contributed by atoms with Crippen molar-refractivity contribution in [3.63, 3.8) is 0 Å². The Morgan fingerprint density at radius 2 is 1.88 bits per heavy atom. The van der Waals surface area contributed by atoms with Gasteiger partial charge in [0.1, 0.15) is 7.11 Å². The first-order valence-corrected chi connectivity index (χ1v) is 9.17. The molecule has 1 fully saturated rings. The van der Waals surface area contributed by atoms with E-state index in [0.717, 1.165) is 16.7 Å². The molecule has 1 unspecified atom stereocenters. The van der Waals surface area contributed by atoms with Gasteiger partial charge in [-0.1, -0.05) is 58.7 Å². The SMILES string of the molecule is CO/N=C(\c1ccccc1C)C1CCN(Cc2c(Cl)cccc2Cl)C1=O. The van der Waals surface area contributed by atoms with Crippen LogP contribution in [0.3, 0.4) is 0 Å². The molecule has 26 heavy (non-hydrogen) atoms. The van der Waals surface area contributed by atoms with Gasteiger partial charge in [-0.2, -0.15) is 0 Å². The molecular weight excluding hydrogens is 371 g/mol. The Kier molecular flexibility index (Phi) is 5.84. The van der Waals surface area contributed by atoms with Gasteiger partial charge in [0.25, 0.3) is 0 Å². The topological polar surface area (TPSA) is 41.9 Å². The van der Waals surface area contributed by atoms with Crippen molar-refractivity contribution in [1.82, 2.24) is 4.90 Å². The summed E-state index contributed by atoms with van der Waals surface area (Å²) in [5, 5.41) is 5.32. The number of aryl methyl sites for hydroxylation is 1. The van der Waals surface area contributed by atoms with Gasteiger partial charge in [0, 0.05) is 34.3 Å². The minimum Gasteiger partial charge on any atom is -0.399 e. The second kappa shape index (κ2) is 8.11. The van der Waals surface area contributed by atoms with Gasteiger partial charge in [0.15, 0.2) is 0 Å². The van der Waals surface area contributed by atoms with Gasteiger partial charge in [0.2, 0.25) is 5.91 Å². The maximum atomic E-state index is 13.0. The Balaban J connectivity index is 1.86. The number of benzene rings is 2. The van der Waals surface area contributed by atoms with E-state index in [9.17, 15) is 4.79 Å². The van der Waals surface area contributed by atoms with Crippen LogP contribution in [0.2, 0.25) is 10.0 Å². The first-order chi connectivity index (χ1) is 12.5. The molecule has 1 amide bonds. The maximum Gasteiger partial charge on any atom is 0.232 e. The summed E-state index contributed by atoms with van der Waals surface area (Å²) in [6.07, 6.45) is 0.678. The van der Waals surface area contributed by atoms with Crippen molar-refractivity contribution in [3.05, 3.63) is 69.2 Å². The molecule has 136 valence electrons. The zero-order valence-electron chi connectivity index (χ0n) is 14.7. The van der Waals surface area contributed by atoms with E-state index in [-0.39, 0.29) is 11.8 Å².